The number of esters is 1. The molecule has 0 N–H and O–H groups in total. The zero-order chi connectivity index (χ0) is 35.9. The van der Waals surface area contributed by atoms with Crippen molar-refractivity contribution in [1.29, 1.82) is 0 Å². The van der Waals surface area contributed by atoms with Crippen molar-refractivity contribution in [3.05, 3.63) is 118 Å². The van der Waals surface area contributed by atoms with Crippen LogP contribution in [0.15, 0.2) is 84.9 Å². The van der Waals surface area contributed by atoms with E-state index in [1.165, 1.54) is 28.3 Å². The van der Waals surface area contributed by atoms with Gasteiger partial charge in [-0.3, -0.25) is 14.4 Å². The number of methoxy groups -OCH3 is 3. The molecule has 0 unspecified atom stereocenters. The van der Waals surface area contributed by atoms with Gasteiger partial charge in [-0.15, -0.1) is 0 Å². The molecule has 0 aromatic heterocycles. The van der Waals surface area contributed by atoms with Gasteiger partial charge in [0.05, 0.1) is 32.0 Å². The normalized spacial score (nSPS) is 11.6. The Kier molecular flexibility index (Phi) is 15.4. The van der Waals surface area contributed by atoms with Gasteiger partial charge in [-0.25, -0.2) is 4.79 Å². The zero-order valence-corrected chi connectivity index (χ0v) is 29.2. The van der Waals surface area contributed by atoms with Crippen molar-refractivity contribution in [3.63, 3.8) is 0 Å². The number of fused-ring (bicyclic) bond motifs is 3. The lowest BCUT2D eigenvalue weighted by Gasteiger charge is -2.22. The Morgan fingerprint density at radius 3 is 1.40 bits per heavy atom. The first-order chi connectivity index (χ1) is 22.8. The standard InChI is InChI=1S/C17H18O2.C11H12O3.C8H6O2.C4H10O/c1-17(2)15-9-11(18-3)5-7-13(15)14-8-6-12(19-4)10-16(14)17;1-8(2)14-11(13)10-5-3-4-9(6-10)7-12;9-5-7-2-1-3-8(4-7)6-10;1-4(2)5-3/h5-10H,1-4H3;3-8H,1-2H3;1-6H;4H,1-3H3. The topological polar surface area (TPSA) is 105 Å². The maximum Gasteiger partial charge on any atom is 0.338 e. The van der Waals surface area contributed by atoms with Gasteiger partial charge in [0.2, 0.25) is 0 Å². The van der Waals surface area contributed by atoms with Crippen molar-refractivity contribution >= 4 is 24.8 Å². The second-order valence-electron chi connectivity index (χ2n) is 11.8. The van der Waals surface area contributed by atoms with Crippen LogP contribution in [-0.4, -0.2) is 58.4 Å². The summed E-state index contributed by atoms with van der Waals surface area (Å²) in [6.45, 7) is 12.1. The average molecular weight is 655 g/mol. The summed E-state index contributed by atoms with van der Waals surface area (Å²) < 4.78 is 20.4. The molecule has 1 aliphatic carbocycles. The first-order valence-corrected chi connectivity index (χ1v) is 15.5. The molecule has 0 radical (unpaired) electrons. The van der Waals surface area contributed by atoms with Crippen LogP contribution < -0.4 is 9.47 Å². The Bertz CT molecular complexity index is 1590. The molecule has 0 heterocycles. The Morgan fingerprint density at radius 2 is 1.02 bits per heavy atom. The Labute approximate surface area is 284 Å². The van der Waals surface area contributed by atoms with Crippen molar-refractivity contribution < 1.29 is 38.1 Å². The van der Waals surface area contributed by atoms with E-state index in [2.05, 4.69) is 38.1 Å². The highest BCUT2D eigenvalue weighted by molar-refractivity contribution is 5.91. The predicted octanol–water partition coefficient (Wildman–Crippen LogP) is 8.43. The van der Waals surface area contributed by atoms with Crippen molar-refractivity contribution in [2.75, 3.05) is 21.3 Å². The van der Waals surface area contributed by atoms with Crippen LogP contribution in [0.3, 0.4) is 0 Å². The number of benzene rings is 4. The maximum atomic E-state index is 11.4. The molecule has 0 saturated heterocycles. The van der Waals surface area contributed by atoms with E-state index in [-0.39, 0.29) is 11.5 Å². The second kappa shape index (κ2) is 18.9. The first kappa shape index (κ1) is 39.1. The van der Waals surface area contributed by atoms with Gasteiger partial charge in [0.15, 0.2) is 0 Å². The smallest absolute Gasteiger partial charge is 0.338 e. The summed E-state index contributed by atoms with van der Waals surface area (Å²) in [5.41, 5.74) is 7.14. The fraction of sp³-hybridized carbons (Fsp3) is 0.300. The highest BCUT2D eigenvalue weighted by atomic mass is 16.5. The molecule has 0 aliphatic heterocycles. The predicted molar refractivity (Wildman–Crippen MR) is 189 cm³/mol. The molecular formula is C40H46O8. The lowest BCUT2D eigenvalue weighted by atomic mass is 9.82. The van der Waals surface area contributed by atoms with Crippen LogP contribution in [0.2, 0.25) is 0 Å². The molecule has 8 nitrogen and oxygen atoms in total. The summed E-state index contributed by atoms with van der Waals surface area (Å²) in [5, 5.41) is 0. The van der Waals surface area contributed by atoms with E-state index in [1.807, 2.05) is 26.0 Å². The summed E-state index contributed by atoms with van der Waals surface area (Å²) in [6, 6.07) is 25.6. The van der Waals surface area contributed by atoms with E-state index < -0.39 is 5.97 Å². The number of rotatable bonds is 8. The summed E-state index contributed by atoms with van der Waals surface area (Å²) in [4.78, 5) is 42.2. The Morgan fingerprint density at radius 1 is 0.604 bits per heavy atom. The quantitative estimate of drug-likeness (QED) is 0.138. The third-order valence-corrected chi connectivity index (χ3v) is 7.35. The molecule has 4 aromatic carbocycles. The van der Waals surface area contributed by atoms with E-state index in [0.29, 0.717) is 47.2 Å². The van der Waals surface area contributed by atoms with E-state index >= 15 is 0 Å². The van der Waals surface area contributed by atoms with Crippen molar-refractivity contribution in [2.45, 2.75) is 59.2 Å². The van der Waals surface area contributed by atoms with Crippen LogP contribution in [0.1, 0.15) is 94.1 Å². The molecular weight excluding hydrogens is 608 g/mol. The highest BCUT2D eigenvalue weighted by Gasteiger charge is 2.36. The second-order valence-corrected chi connectivity index (χ2v) is 11.8. The summed E-state index contributed by atoms with van der Waals surface area (Å²) in [6.07, 6.45) is 2.36. The molecule has 0 amide bonds. The summed E-state index contributed by atoms with van der Waals surface area (Å²) >= 11 is 0. The van der Waals surface area contributed by atoms with Crippen LogP contribution in [0.4, 0.5) is 0 Å². The molecule has 0 fully saturated rings. The first-order valence-electron chi connectivity index (χ1n) is 15.5. The van der Waals surface area contributed by atoms with Gasteiger partial charge in [-0.1, -0.05) is 56.3 Å². The molecule has 1 aliphatic rings. The molecule has 0 atom stereocenters. The molecule has 0 spiro atoms. The van der Waals surface area contributed by atoms with E-state index in [1.54, 1.807) is 77.6 Å². The van der Waals surface area contributed by atoms with E-state index in [4.69, 9.17) is 18.9 Å². The fourth-order valence-corrected chi connectivity index (χ4v) is 4.68. The SMILES string of the molecule is CC(C)OC(=O)c1cccc(C=O)c1.COC(C)C.COc1ccc2c(c1)C(C)(C)c1cc(OC)ccc1-2.O=Cc1cccc(C=O)c1. The Hall–Kier alpha value is -5.08. The lowest BCUT2D eigenvalue weighted by molar-refractivity contribution is 0.0377. The maximum absolute atomic E-state index is 11.4. The van der Waals surface area contributed by atoms with Crippen LogP contribution in [0.25, 0.3) is 11.1 Å². The molecule has 0 saturated carbocycles. The van der Waals surface area contributed by atoms with Crippen LogP contribution in [0, 0.1) is 0 Å². The summed E-state index contributed by atoms with van der Waals surface area (Å²) in [5.74, 6) is 1.42. The molecule has 0 bridgehead atoms. The summed E-state index contributed by atoms with van der Waals surface area (Å²) in [7, 11) is 5.12. The third-order valence-electron chi connectivity index (χ3n) is 7.35. The van der Waals surface area contributed by atoms with Crippen LogP contribution in [0.5, 0.6) is 11.5 Å². The van der Waals surface area contributed by atoms with Crippen LogP contribution >= 0.6 is 0 Å². The number of carbonyl (C=O) groups excluding carboxylic acids is 4. The van der Waals surface area contributed by atoms with E-state index in [9.17, 15) is 19.2 Å². The number of aldehydes is 3. The minimum atomic E-state index is -0.399. The van der Waals surface area contributed by atoms with Gasteiger partial charge in [0.1, 0.15) is 30.4 Å². The molecule has 4 aromatic rings. The molecule has 254 valence electrons. The molecule has 48 heavy (non-hydrogen) atoms. The number of hydrogen-bond donors (Lipinski definition) is 0. The number of ether oxygens (including phenoxy) is 4. The minimum absolute atomic E-state index is 0.0201. The van der Waals surface area contributed by atoms with Crippen molar-refractivity contribution in [2.24, 2.45) is 0 Å². The number of carbonyl (C=O) groups is 4. The highest BCUT2D eigenvalue weighted by Crippen LogP contribution is 2.50. The largest absolute Gasteiger partial charge is 0.497 e. The van der Waals surface area contributed by atoms with E-state index in [0.717, 1.165) is 11.5 Å². The van der Waals surface area contributed by atoms with Gasteiger partial charge in [0, 0.05) is 29.2 Å². The van der Waals surface area contributed by atoms with Crippen molar-refractivity contribution in [3.8, 4) is 22.6 Å². The van der Waals surface area contributed by atoms with Crippen LogP contribution in [-0.2, 0) is 14.9 Å². The zero-order valence-electron chi connectivity index (χ0n) is 29.2. The molecule has 5 rings (SSSR count). The monoisotopic (exact) mass is 654 g/mol. The average Bonchev–Trinajstić information content (AvgIpc) is 3.33. The lowest BCUT2D eigenvalue weighted by Crippen LogP contribution is -2.15. The van der Waals surface area contributed by atoms with Gasteiger partial charge in [-0.2, -0.15) is 0 Å². The minimum Gasteiger partial charge on any atom is -0.497 e. The van der Waals surface area contributed by atoms with Crippen molar-refractivity contribution in [1.82, 2.24) is 0 Å². The molecule has 8 heteroatoms. The fourth-order valence-electron chi connectivity index (χ4n) is 4.68. The Balaban J connectivity index is 0.000000244. The third kappa shape index (κ3) is 11.0. The van der Waals surface area contributed by atoms with Gasteiger partial charge in [-0.05, 0) is 92.4 Å². The van der Waals surface area contributed by atoms with Gasteiger partial charge in [0.25, 0.3) is 0 Å². The van der Waals surface area contributed by atoms with Gasteiger partial charge < -0.3 is 18.9 Å². The van der Waals surface area contributed by atoms with Gasteiger partial charge >= 0.3 is 5.97 Å². The number of hydrogen-bond acceptors (Lipinski definition) is 8.